The van der Waals surface area contributed by atoms with Crippen molar-refractivity contribution in [3.8, 4) is 11.1 Å². The molecule has 206 valence electrons. The van der Waals surface area contributed by atoms with E-state index in [0.717, 1.165) is 22.4 Å². The molecule has 5 aromatic rings. The SMILES string of the molecule is CC(=O)Nc1ccc(CNC(=O)c2cnc3cc(-c4c(C)noc4C)ccc3c2Nc2cccc(C(=O)O)c2)cc1. The maximum Gasteiger partial charge on any atom is 0.335 e. The maximum atomic E-state index is 13.4. The zero-order valence-corrected chi connectivity index (χ0v) is 22.6. The highest BCUT2D eigenvalue weighted by molar-refractivity contribution is 6.08. The van der Waals surface area contributed by atoms with E-state index >= 15 is 0 Å². The fourth-order valence-electron chi connectivity index (χ4n) is 4.61. The zero-order valence-electron chi connectivity index (χ0n) is 22.6. The Morgan fingerprint density at radius 2 is 1.73 bits per heavy atom. The molecule has 5 rings (SSSR count). The molecule has 10 nitrogen and oxygen atoms in total. The van der Waals surface area contributed by atoms with E-state index in [1.54, 1.807) is 24.3 Å². The Balaban J connectivity index is 1.50. The summed E-state index contributed by atoms with van der Waals surface area (Å²) in [6, 6.07) is 19.2. The fraction of sp³-hybridized carbons (Fsp3) is 0.129. The molecule has 0 bridgehead atoms. The first kappa shape index (κ1) is 27.1. The predicted molar refractivity (Wildman–Crippen MR) is 155 cm³/mol. The van der Waals surface area contributed by atoms with E-state index < -0.39 is 5.97 Å². The molecule has 0 saturated carbocycles. The number of carboxylic acid groups (broad SMARTS) is 1. The number of anilines is 3. The highest BCUT2D eigenvalue weighted by Gasteiger charge is 2.19. The van der Waals surface area contributed by atoms with E-state index in [2.05, 4.69) is 26.1 Å². The van der Waals surface area contributed by atoms with Crippen molar-refractivity contribution in [2.24, 2.45) is 0 Å². The molecule has 2 aromatic heterocycles. The molecule has 41 heavy (non-hydrogen) atoms. The average molecular weight is 550 g/mol. The van der Waals surface area contributed by atoms with Crippen molar-refractivity contribution < 1.29 is 24.0 Å². The van der Waals surface area contributed by atoms with Crippen molar-refractivity contribution in [2.75, 3.05) is 10.6 Å². The van der Waals surface area contributed by atoms with Crippen LogP contribution in [-0.4, -0.2) is 33.0 Å². The molecule has 0 aliphatic carbocycles. The second-order valence-corrected chi connectivity index (χ2v) is 9.55. The van der Waals surface area contributed by atoms with Gasteiger partial charge in [0.05, 0.1) is 28.0 Å². The summed E-state index contributed by atoms with van der Waals surface area (Å²) >= 11 is 0. The molecule has 3 aromatic carbocycles. The first-order valence-electron chi connectivity index (χ1n) is 12.8. The van der Waals surface area contributed by atoms with Crippen LogP contribution in [0.3, 0.4) is 0 Å². The van der Waals surface area contributed by atoms with E-state index in [1.165, 1.54) is 25.3 Å². The molecule has 0 radical (unpaired) electrons. The predicted octanol–water partition coefficient (Wildman–Crippen LogP) is 5.84. The summed E-state index contributed by atoms with van der Waals surface area (Å²) in [5, 5.41) is 23.1. The lowest BCUT2D eigenvalue weighted by atomic mass is 10.0. The Labute approximate surface area is 235 Å². The number of hydrogen-bond acceptors (Lipinski definition) is 7. The number of carbonyl (C=O) groups excluding carboxylic acids is 2. The van der Waals surface area contributed by atoms with Crippen LogP contribution in [0.2, 0.25) is 0 Å². The molecular weight excluding hydrogens is 522 g/mol. The van der Waals surface area contributed by atoms with E-state index in [9.17, 15) is 19.5 Å². The van der Waals surface area contributed by atoms with Gasteiger partial charge in [-0.25, -0.2) is 4.79 Å². The standard InChI is InChI=1S/C31H27N5O5/c1-17-28(18(2)41-36-17)21-9-12-25-27(14-21)32-16-26(29(25)35-24-6-4-5-22(13-24)31(39)40)30(38)33-15-20-7-10-23(11-8-20)34-19(3)37/h4-14,16H,15H2,1-3H3,(H,32,35)(H,33,38)(H,34,37)(H,39,40). The van der Waals surface area contributed by atoms with E-state index in [1.807, 2.05) is 44.2 Å². The Bertz CT molecular complexity index is 1770. The number of nitrogens with zero attached hydrogens (tertiary/aromatic N) is 2. The van der Waals surface area contributed by atoms with Gasteiger partial charge in [0, 0.05) is 42.0 Å². The third-order valence-corrected chi connectivity index (χ3v) is 6.54. The van der Waals surface area contributed by atoms with Crippen LogP contribution in [0.15, 0.2) is 77.4 Å². The van der Waals surface area contributed by atoms with Crippen LogP contribution in [0, 0.1) is 13.8 Å². The van der Waals surface area contributed by atoms with Crippen LogP contribution in [0.1, 0.15) is 44.7 Å². The second kappa shape index (κ2) is 11.3. The third-order valence-electron chi connectivity index (χ3n) is 6.54. The van der Waals surface area contributed by atoms with Crippen LogP contribution in [0.4, 0.5) is 17.1 Å². The number of carbonyl (C=O) groups is 3. The lowest BCUT2D eigenvalue weighted by Crippen LogP contribution is -2.24. The maximum absolute atomic E-state index is 13.4. The number of benzene rings is 3. The average Bonchev–Trinajstić information content (AvgIpc) is 3.29. The number of aromatic carboxylic acids is 1. The van der Waals surface area contributed by atoms with Crippen LogP contribution in [0.5, 0.6) is 0 Å². The van der Waals surface area contributed by atoms with Crippen LogP contribution >= 0.6 is 0 Å². The van der Waals surface area contributed by atoms with Crippen molar-refractivity contribution in [2.45, 2.75) is 27.3 Å². The summed E-state index contributed by atoms with van der Waals surface area (Å²) in [7, 11) is 0. The van der Waals surface area contributed by atoms with Gasteiger partial charge in [0.25, 0.3) is 5.91 Å². The minimum atomic E-state index is -1.06. The summed E-state index contributed by atoms with van der Waals surface area (Å²) in [5.41, 5.74) is 6.04. The van der Waals surface area contributed by atoms with Gasteiger partial charge in [-0.1, -0.05) is 35.5 Å². The number of fused-ring (bicyclic) bond motifs is 1. The molecular formula is C31H27N5O5. The van der Waals surface area contributed by atoms with E-state index in [-0.39, 0.29) is 29.5 Å². The van der Waals surface area contributed by atoms with Gasteiger partial charge in [-0.05, 0) is 61.4 Å². The van der Waals surface area contributed by atoms with Crippen molar-refractivity contribution in [1.29, 1.82) is 0 Å². The van der Waals surface area contributed by atoms with Crippen LogP contribution in [-0.2, 0) is 11.3 Å². The number of carboxylic acids is 1. The summed E-state index contributed by atoms with van der Waals surface area (Å²) in [6.45, 7) is 5.39. The first-order valence-corrected chi connectivity index (χ1v) is 12.8. The molecule has 0 unspecified atom stereocenters. The molecule has 0 atom stereocenters. The largest absolute Gasteiger partial charge is 0.478 e. The molecule has 0 aliphatic heterocycles. The van der Waals surface area contributed by atoms with Gasteiger partial charge in [0.15, 0.2) is 0 Å². The van der Waals surface area contributed by atoms with Crippen molar-refractivity contribution in [1.82, 2.24) is 15.5 Å². The smallest absolute Gasteiger partial charge is 0.335 e. The summed E-state index contributed by atoms with van der Waals surface area (Å²) in [4.78, 5) is 40.9. The lowest BCUT2D eigenvalue weighted by Gasteiger charge is -2.16. The van der Waals surface area contributed by atoms with E-state index in [4.69, 9.17) is 4.52 Å². The molecule has 2 heterocycles. The number of nitrogens with one attached hydrogen (secondary N) is 3. The number of amides is 2. The lowest BCUT2D eigenvalue weighted by molar-refractivity contribution is -0.114. The van der Waals surface area contributed by atoms with Gasteiger partial charge in [-0.2, -0.15) is 0 Å². The Kier molecular flexibility index (Phi) is 7.47. The highest BCUT2D eigenvalue weighted by atomic mass is 16.5. The molecule has 0 spiro atoms. The number of hydrogen-bond donors (Lipinski definition) is 4. The van der Waals surface area contributed by atoms with Crippen molar-refractivity contribution in [3.05, 3.63) is 101 Å². The van der Waals surface area contributed by atoms with Gasteiger partial charge in [-0.15, -0.1) is 0 Å². The number of rotatable bonds is 8. The second-order valence-electron chi connectivity index (χ2n) is 9.55. The topological polar surface area (TPSA) is 146 Å². The van der Waals surface area contributed by atoms with Gasteiger partial charge >= 0.3 is 5.97 Å². The molecule has 2 amide bonds. The normalized spacial score (nSPS) is 10.8. The summed E-state index contributed by atoms with van der Waals surface area (Å²) in [6.07, 6.45) is 1.50. The van der Waals surface area contributed by atoms with Crippen molar-refractivity contribution in [3.63, 3.8) is 0 Å². The minimum absolute atomic E-state index is 0.114. The first-order chi connectivity index (χ1) is 19.7. The minimum Gasteiger partial charge on any atom is -0.478 e. The van der Waals surface area contributed by atoms with Gasteiger partial charge < -0.3 is 25.6 Å². The molecule has 10 heteroatoms. The number of aromatic nitrogens is 2. The molecule has 0 saturated heterocycles. The van der Waals surface area contributed by atoms with Crippen molar-refractivity contribution >= 4 is 45.7 Å². The Morgan fingerprint density at radius 3 is 2.41 bits per heavy atom. The Morgan fingerprint density at radius 1 is 0.951 bits per heavy atom. The van der Waals surface area contributed by atoms with Gasteiger partial charge in [0.1, 0.15) is 5.76 Å². The summed E-state index contributed by atoms with van der Waals surface area (Å²) in [5.74, 6) is -0.897. The van der Waals surface area contributed by atoms with E-state index in [0.29, 0.717) is 33.7 Å². The summed E-state index contributed by atoms with van der Waals surface area (Å²) < 4.78 is 5.33. The molecule has 0 aliphatic rings. The monoisotopic (exact) mass is 549 g/mol. The van der Waals surface area contributed by atoms with Gasteiger partial charge in [-0.3, -0.25) is 14.6 Å². The molecule has 4 N–H and O–H groups in total. The number of aryl methyl sites for hydroxylation is 2. The third kappa shape index (κ3) is 5.91. The van der Waals surface area contributed by atoms with Crippen LogP contribution in [0.25, 0.3) is 22.0 Å². The van der Waals surface area contributed by atoms with Gasteiger partial charge in [0.2, 0.25) is 5.91 Å². The Hall–Kier alpha value is -5.51. The molecule has 0 fully saturated rings. The zero-order chi connectivity index (χ0) is 29.1. The van der Waals surface area contributed by atoms with Crippen LogP contribution < -0.4 is 16.0 Å². The number of pyridine rings is 1. The fourth-order valence-corrected chi connectivity index (χ4v) is 4.61. The highest BCUT2D eigenvalue weighted by Crippen LogP contribution is 2.34. The quantitative estimate of drug-likeness (QED) is 0.189.